The molecule has 1 amide bonds. The summed E-state index contributed by atoms with van der Waals surface area (Å²) in [5, 5.41) is 13.0. The summed E-state index contributed by atoms with van der Waals surface area (Å²) in [5.74, 6) is -2.29. The molecule has 3 nitrogen and oxygen atoms in total. The number of hydrogen-bond donors (Lipinski definition) is 2. The van der Waals surface area contributed by atoms with Gasteiger partial charge in [0.25, 0.3) is 5.91 Å². The van der Waals surface area contributed by atoms with E-state index in [0.29, 0.717) is 16.3 Å². The number of phenolic OH excluding ortho intramolecular Hbond substituents is 1. The van der Waals surface area contributed by atoms with Crippen LogP contribution in [0.5, 0.6) is 5.75 Å². The maximum atomic E-state index is 13.9. The lowest BCUT2D eigenvalue weighted by atomic mass is 10.0. The van der Waals surface area contributed by atoms with Crippen molar-refractivity contribution in [1.82, 2.24) is 0 Å². The molecule has 0 atom stereocenters. The van der Waals surface area contributed by atoms with Crippen molar-refractivity contribution in [3.8, 4) is 16.9 Å². The summed E-state index contributed by atoms with van der Waals surface area (Å²) >= 11 is 5.87. The monoisotopic (exact) mass is 359 g/mol. The minimum atomic E-state index is -0.758. The number of carbonyl (C=O) groups excluding carboxylic acids is 1. The second-order valence-electron chi connectivity index (χ2n) is 5.32. The van der Waals surface area contributed by atoms with Crippen LogP contribution in [0.25, 0.3) is 11.1 Å². The van der Waals surface area contributed by atoms with E-state index in [0.717, 1.165) is 12.1 Å². The predicted octanol–water partition coefficient (Wildman–Crippen LogP) is 5.24. The highest BCUT2D eigenvalue weighted by Gasteiger charge is 2.15. The van der Waals surface area contributed by atoms with Crippen molar-refractivity contribution in [1.29, 1.82) is 0 Å². The molecule has 25 heavy (non-hydrogen) atoms. The molecule has 0 unspecified atom stereocenters. The van der Waals surface area contributed by atoms with Crippen LogP contribution in [-0.2, 0) is 0 Å². The molecule has 2 N–H and O–H groups in total. The first-order valence-electron chi connectivity index (χ1n) is 7.29. The van der Waals surface area contributed by atoms with Crippen molar-refractivity contribution in [3.05, 3.63) is 82.9 Å². The highest BCUT2D eigenvalue weighted by molar-refractivity contribution is 6.31. The minimum absolute atomic E-state index is 0.0406. The number of hydrogen-bond acceptors (Lipinski definition) is 2. The fourth-order valence-electron chi connectivity index (χ4n) is 2.37. The summed E-state index contributed by atoms with van der Waals surface area (Å²) in [7, 11) is 0. The molecule has 6 heteroatoms. The highest BCUT2D eigenvalue weighted by atomic mass is 35.5. The van der Waals surface area contributed by atoms with Crippen molar-refractivity contribution >= 4 is 23.2 Å². The van der Waals surface area contributed by atoms with Gasteiger partial charge < -0.3 is 10.4 Å². The number of phenols is 1. The van der Waals surface area contributed by atoms with E-state index in [1.165, 1.54) is 24.3 Å². The van der Waals surface area contributed by atoms with Gasteiger partial charge in [0.15, 0.2) is 0 Å². The Hall–Kier alpha value is -2.92. The SMILES string of the molecule is O=C(Nc1cccc(Cl)c1)c1cc(-c2ccc(F)cc2F)ccc1O. The van der Waals surface area contributed by atoms with Gasteiger partial charge in [0.2, 0.25) is 0 Å². The van der Waals surface area contributed by atoms with Gasteiger partial charge in [-0.05, 0) is 48.0 Å². The molecule has 0 radical (unpaired) electrons. The zero-order chi connectivity index (χ0) is 18.0. The van der Waals surface area contributed by atoms with Crippen LogP contribution < -0.4 is 5.32 Å². The largest absolute Gasteiger partial charge is 0.507 e. The van der Waals surface area contributed by atoms with Gasteiger partial charge in [0.1, 0.15) is 17.4 Å². The number of amides is 1. The lowest BCUT2D eigenvalue weighted by Crippen LogP contribution is -2.12. The third-order valence-corrected chi connectivity index (χ3v) is 3.80. The van der Waals surface area contributed by atoms with Gasteiger partial charge in [-0.3, -0.25) is 4.79 Å². The Morgan fingerprint density at radius 1 is 1.00 bits per heavy atom. The second kappa shape index (κ2) is 6.91. The molecule has 0 aromatic heterocycles. The first-order chi connectivity index (χ1) is 11.9. The van der Waals surface area contributed by atoms with Gasteiger partial charge in [-0.1, -0.05) is 23.7 Å². The summed E-state index contributed by atoms with van der Waals surface area (Å²) in [6.45, 7) is 0. The van der Waals surface area contributed by atoms with Gasteiger partial charge in [0, 0.05) is 22.3 Å². The second-order valence-corrected chi connectivity index (χ2v) is 5.76. The number of aromatic hydroxyl groups is 1. The Morgan fingerprint density at radius 2 is 1.80 bits per heavy atom. The summed E-state index contributed by atoms with van der Waals surface area (Å²) in [5.41, 5.74) is 0.876. The fourth-order valence-corrected chi connectivity index (χ4v) is 2.56. The number of anilines is 1. The zero-order valence-corrected chi connectivity index (χ0v) is 13.5. The molecular formula is C19H12ClF2NO2. The maximum absolute atomic E-state index is 13.9. The molecule has 0 aliphatic heterocycles. The molecule has 0 bridgehead atoms. The van der Waals surface area contributed by atoms with Gasteiger partial charge in [-0.2, -0.15) is 0 Å². The van der Waals surface area contributed by atoms with Gasteiger partial charge in [0.05, 0.1) is 5.56 Å². The van der Waals surface area contributed by atoms with Crippen LogP contribution in [-0.4, -0.2) is 11.0 Å². The van der Waals surface area contributed by atoms with E-state index in [2.05, 4.69) is 5.32 Å². The van der Waals surface area contributed by atoms with E-state index in [4.69, 9.17) is 11.6 Å². The Kier molecular flexibility index (Phi) is 4.67. The van der Waals surface area contributed by atoms with Crippen LogP contribution in [0.3, 0.4) is 0 Å². The lowest BCUT2D eigenvalue weighted by Gasteiger charge is -2.10. The van der Waals surface area contributed by atoms with Crippen LogP contribution in [0.1, 0.15) is 10.4 Å². The maximum Gasteiger partial charge on any atom is 0.259 e. The average Bonchev–Trinajstić information content (AvgIpc) is 2.55. The van der Waals surface area contributed by atoms with Crippen molar-refractivity contribution in [3.63, 3.8) is 0 Å². The summed E-state index contributed by atoms with van der Waals surface area (Å²) in [4.78, 5) is 12.4. The Bertz CT molecular complexity index is 960. The molecule has 0 fully saturated rings. The first kappa shape index (κ1) is 16.9. The highest BCUT2D eigenvalue weighted by Crippen LogP contribution is 2.29. The van der Waals surface area contributed by atoms with Crippen LogP contribution in [0, 0.1) is 11.6 Å². The molecule has 0 saturated heterocycles. The summed E-state index contributed by atoms with van der Waals surface area (Å²) in [6, 6.07) is 13.7. The topological polar surface area (TPSA) is 49.3 Å². The Labute approximate surface area is 147 Å². The normalized spacial score (nSPS) is 10.5. The lowest BCUT2D eigenvalue weighted by molar-refractivity contribution is 0.102. The smallest absolute Gasteiger partial charge is 0.259 e. The molecule has 126 valence electrons. The third kappa shape index (κ3) is 3.78. The van der Waals surface area contributed by atoms with Gasteiger partial charge in [-0.15, -0.1) is 0 Å². The van der Waals surface area contributed by atoms with E-state index in [9.17, 15) is 18.7 Å². The quantitative estimate of drug-likeness (QED) is 0.671. The molecular weight excluding hydrogens is 348 g/mol. The third-order valence-electron chi connectivity index (χ3n) is 3.57. The molecule has 0 heterocycles. The van der Waals surface area contributed by atoms with E-state index in [-0.39, 0.29) is 16.9 Å². The fraction of sp³-hybridized carbons (Fsp3) is 0. The van der Waals surface area contributed by atoms with Crippen LogP contribution in [0.4, 0.5) is 14.5 Å². The summed E-state index contributed by atoms with van der Waals surface area (Å²) in [6.07, 6.45) is 0. The Morgan fingerprint density at radius 3 is 2.52 bits per heavy atom. The molecule has 0 aliphatic carbocycles. The number of halogens is 3. The van der Waals surface area contributed by atoms with Gasteiger partial charge in [-0.25, -0.2) is 8.78 Å². The minimum Gasteiger partial charge on any atom is -0.507 e. The number of carbonyl (C=O) groups is 1. The van der Waals surface area contributed by atoms with E-state index in [1.807, 2.05) is 0 Å². The molecule has 0 aliphatic rings. The number of benzene rings is 3. The van der Waals surface area contributed by atoms with Gasteiger partial charge >= 0.3 is 0 Å². The molecule has 0 saturated carbocycles. The molecule has 3 aromatic carbocycles. The average molecular weight is 360 g/mol. The van der Waals surface area contributed by atoms with Crippen molar-refractivity contribution in [2.24, 2.45) is 0 Å². The standard InChI is InChI=1S/C19H12ClF2NO2/c20-12-2-1-3-14(9-12)23-19(25)16-8-11(4-7-18(16)24)15-6-5-13(21)10-17(15)22/h1-10,24H,(H,23,25). The first-order valence-corrected chi connectivity index (χ1v) is 7.67. The Balaban J connectivity index is 1.95. The van der Waals surface area contributed by atoms with Crippen molar-refractivity contribution in [2.45, 2.75) is 0 Å². The van der Waals surface area contributed by atoms with Crippen molar-refractivity contribution in [2.75, 3.05) is 5.32 Å². The van der Waals surface area contributed by atoms with E-state index in [1.54, 1.807) is 24.3 Å². The van der Waals surface area contributed by atoms with E-state index < -0.39 is 17.5 Å². The molecule has 0 spiro atoms. The molecule has 3 rings (SSSR count). The van der Waals surface area contributed by atoms with E-state index >= 15 is 0 Å². The van der Waals surface area contributed by atoms with Crippen LogP contribution in [0.2, 0.25) is 5.02 Å². The van der Waals surface area contributed by atoms with Crippen LogP contribution in [0.15, 0.2) is 60.7 Å². The number of nitrogens with one attached hydrogen (secondary N) is 1. The summed E-state index contributed by atoms with van der Waals surface area (Å²) < 4.78 is 27.0. The predicted molar refractivity (Wildman–Crippen MR) is 92.9 cm³/mol. The number of rotatable bonds is 3. The molecule has 3 aromatic rings. The zero-order valence-electron chi connectivity index (χ0n) is 12.8. The van der Waals surface area contributed by atoms with Crippen molar-refractivity contribution < 1.29 is 18.7 Å². The van der Waals surface area contributed by atoms with Crippen LogP contribution >= 0.6 is 11.6 Å².